The molecule has 2 aromatic rings. The molecule has 1 N–H and O–H groups in total. The molecule has 0 unspecified atom stereocenters. The SMILES string of the molecule is CCOC(=O)c1ccc(N2C(=O)[C@H]3[C@H]4CCCN4[C@@]4(C(=O)Nc5c4ccc(Cl)c5C)[C@@H]3C2=O)cc1. The fourth-order valence-corrected chi connectivity index (χ4v) is 6.76. The third-order valence-corrected chi connectivity index (χ3v) is 8.41. The number of anilines is 2. The molecule has 0 saturated carbocycles. The molecule has 4 aliphatic heterocycles. The van der Waals surface area contributed by atoms with Gasteiger partial charge < -0.3 is 10.1 Å². The summed E-state index contributed by atoms with van der Waals surface area (Å²) in [6, 6.07) is 9.61. The lowest BCUT2D eigenvalue weighted by Gasteiger charge is -2.36. The summed E-state index contributed by atoms with van der Waals surface area (Å²) in [5.74, 6) is -2.91. The van der Waals surface area contributed by atoms with Crippen LogP contribution < -0.4 is 10.2 Å². The minimum Gasteiger partial charge on any atom is -0.462 e. The zero-order valence-electron chi connectivity index (χ0n) is 19.3. The molecule has 0 aromatic heterocycles. The fraction of sp³-hybridized carbons (Fsp3) is 0.385. The van der Waals surface area contributed by atoms with Crippen molar-refractivity contribution in [2.24, 2.45) is 11.8 Å². The lowest BCUT2D eigenvalue weighted by atomic mass is 9.75. The van der Waals surface area contributed by atoms with Crippen LogP contribution in [-0.2, 0) is 24.7 Å². The van der Waals surface area contributed by atoms with E-state index in [1.807, 2.05) is 13.0 Å². The van der Waals surface area contributed by atoms with Crippen LogP contribution in [0.2, 0.25) is 5.02 Å². The molecule has 9 heteroatoms. The second kappa shape index (κ2) is 7.63. The Bertz CT molecular complexity index is 1310. The molecule has 2 aromatic carbocycles. The smallest absolute Gasteiger partial charge is 0.338 e. The Morgan fingerprint density at radius 3 is 2.60 bits per heavy atom. The molecule has 3 fully saturated rings. The second-order valence-corrected chi connectivity index (χ2v) is 9.91. The van der Waals surface area contributed by atoms with E-state index in [0.29, 0.717) is 34.1 Å². The van der Waals surface area contributed by atoms with Crippen molar-refractivity contribution in [1.29, 1.82) is 0 Å². The lowest BCUT2D eigenvalue weighted by molar-refractivity contribution is -0.135. The number of nitrogens with one attached hydrogen (secondary N) is 1. The van der Waals surface area contributed by atoms with Crippen molar-refractivity contribution in [2.75, 3.05) is 23.4 Å². The molecule has 8 nitrogen and oxygen atoms in total. The highest BCUT2D eigenvalue weighted by Gasteiger charge is 2.74. The van der Waals surface area contributed by atoms with Crippen molar-refractivity contribution in [3.8, 4) is 0 Å². The summed E-state index contributed by atoms with van der Waals surface area (Å²) in [5.41, 5.74) is 1.56. The van der Waals surface area contributed by atoms with E-state index in [0.717, 1.165) is 18.4 Å². The van der Waals surface area contributed by atoms with Gasteiger partial charge in [-0.3, -0.25) is 19.3 Å². The van der Waals surface area contributed by atoms with Gasteiger partial charge in [-0.1, -0.05) is 17.7 Å². The van der Waals surface area contributed by atoms with E-state index in [-0.39, 0.29) is 24.5 Å². The molecule has 0 bridgehead atoms. The molecule has 0 aliphatic carbocycles. The van der Waals surface area contributed by atoms with Gasteiger partial charge in [0.15, 0.2) is 0 Å². The summed E-state index contributed by atoms with van der Waals surface area (Å²) >= 11 is 6.34. The monoisotopic (exact) mass is 493 g/mol. The van der Waals surface area contributed by atoms with Gasteiger partial charge in [-0.15, -0.1) is 0 Å². The van der Waals surface area contributed by atoms with Gasteiger partial charge in [-0.05, 0) is 69.1 Å². The van der Waals surface area contributed by atoms with Crippen LogP contribution in [0.1, 0.15) is 41.3 Å². The average molecular weight is 494 g/mol. The molecule has 0 radical (unpaired) electrons. The normalized spacial score (nSPS) is 28.9. The molecule has 1 spiro atoms. The Morgan fingerprint density at radius 2 is 1.89 bits per heavy atom. The van der Waals surface area contributed by atoms with E-state index in [4.69, 9.17) is 16.3 Å². The molecule has 3 saturated heterocycles. The predicted molar refractivity (Wildman–Crippen MR) is 128 cm³/mol. The number of nitrogens with zero attached hydrogens (tertiary/aromatic N) is 2. The summed E-state index contributed by atoms with van der Waals surface area (Å²) in [6.45, 7) is 4.46. The molecular weight excluding hydrogens is 470 g/mol. The van der Waals surface area contributed by atoms with Crippen LogP contribution in [0.15, 0.2) is 36.4 Å². The minimum atomic E-state index is -1.25. The largest absolute Gasteiger partial charge is 0.462 e. The number of carbonyl (C=O) groups is 4. The number of amides is 3. The zero-order chi connectivity index (χ0) is 24.6. The van der Waals surface area contributed by atoms with Crippen molar-refractivity contribution in [3.05, 3.63) is 58.1 Å². The zero-order valence-corrected chi connectivity index (χ0v) is 20.1. The van der Waals surface area contributed by atoms with E-state index >= 15 is 0 Å². The topological polar surface area (TPSA) is 96.0 Å². The van der Waals surface area contributed by atoms with Crippen LogP contribution in [-0.4, -0.2) is 47.8 Å². The van der Waals surface area contributed by atoms with E-state index in [2.05, 4.69) is 10.2 Å². The fourth-order valence-electron chi connectivity index (χ4n) is 6.61. The summed E-state index contributed by atoms with van der Waals surface area (Å²) < 4.78 is 5.02. The number of benzene rings is 2. The van der Waals surface area contributed by atoms with Gasteiger partial charge in [0, 0.05) is 16.6 Å². The molecule has 6 rings (SSSR count). The summed E-state index contributed by atoms with van der Waals surface area (Å²) in [4.78, 5) is 56.8. The lowest BCUT2D eigenvalue weighted by Crippen LogP contribution is -2.54. The maximum atomic E-state index is 14.0. The summed E-state index contributed by atoms with van der Waals surface area (Å²) in [7, 11) is 0. The van der Waals surface area contributed by atoms with E-state index in [1.54, 1.807) is 37.3 Å². The van der Waals surface area contributed by atoms with Crippen LogP contribution in [0.25, 0.3) is 0 Å². The first kappa shape index (κ1) is 22.2. The Labute approximate surface area is 207 Å². The van der Waals surface area contributed by atoms with Gasteiger partial charge in [0.25, 0.3) is 0 Å². The Kier molecular flexibility index (Phi) is 4.85. The molecular formula is C26H24ClN3O5. The quantitative estimate of drug-likeness (QED) is 0.521. The van der Waals surface area contributed by atoms with E-state index in [1.165, 1.54) is 4.90 Å². The number of hydrogen-bond donors (Lipinski definition) is 1. The number of halogens is 1. The minimum absolute atomic E-state index is 0.201. The molecule has 4 aliphatic rings. The van der Waals surface area contributed by atoms with Crippen molar-refractivity contribution in [2.45, 2.75) is 38.3 Å². The average Bonchev–Trinajstić information content (AvgIpc) is 3.55. The third kappa shape index (κ3) is 2.72. The number of rotatable bonds is 3. The number of carbonyl (C=O) groups excluding carboxylic acids is 4. The number of fused-ring (bicyclic) bond motifs is 7. The van der Waals surface area contributed by atoms with Crippen molar-refractivity contribution in [1.82, 2.24) is 4.90 Å². The summed E-state index contributed by atoms with van der Waals surface area (Å²) in [5, 5.41) is 3.52. The second-order valence-electron chi connectivity index (χ2n) is 9.50. The maximum absolute atomic E-state index is 14.0. The third-order valence-electron chi connectivity index (χ3n) is 8.00. The van der Waals surface area contributed by atoms with Crippen molar-refractivity contribution >= 4 is 46.7 Å². The standard InChI is InChI=1S/C26H24ClN3O5/c1-3-35-24(33)14-6-8-15(9-7-14)30-22(31)19-18-5-4-12-29(18)26(20(19)23(30)32)16-10-11-17(27)13(2)21(16)28-25(26)34/h6-11,18-20H,3-5,12H2,1-2H3,(H,28,34)/t18-,19+,20+,26-/m1/s1. The Hall–Kier alpha value is -3.23. The number of ether oxygens (including phenoxy) is 1. The van der Waals surface area contributed by atoms with Crippen molar-refractivity contribution < 1.29 is 23.9 Å². The van der Waals surface area contributed by atoms with Gasteiger partial charge in [0.1, 0.15) is 5.54 Å². The highest BCUT2D eigenvalue weighted by molar-refractivity contribution is 6.32. The van der Waals surface area contributed by atoms with Crippen molar-refractivity contribution in [3.63, 3.8) is 0 Å². The van der Waals surface area contributed by atoms with Crippen LogP contribution in [0, 0.1) is 18.8 Å². The first-order valence-electron chi connectivity index (χ1n) is 11.8. The molecule has 4 heterocycles. The van der Waals surface area contributed by atoms with Gasteiger partial charge in [0.2, 0.25) is 17.7 Å². The highest BCUT2D eigenvalue weighted by atomic mass is 35.5. The van der Waals surface area contributed by atoms with Crippen LogP contribution in [0.4, 0.5) is 11.4 Å². The highest BCUT2D eigenvalue weighted by Crippen LogP contribution is 2.61. The van der Waals surface area contributed by atoms with Crippen LogP contribution >= 0.6 is 11.6 Å². The first-order chi connectivity index (χ1) is 16.8. The molecule has 4 atom stereocenters. The first-order valence-corrected chi connectivity index (χ1v) is 12.2. The van der Waals surface area contributed by atoms with E-state index in [9.17, 15) is 19.2 Å². The van der Waals surface area contributed by atoms with Crippen LogP contribution in [0.5, 0.6) is 0 Å². The number of hydrogen-bond acceptors (Lipinski definition) is 6. The Balaban J connectivity index is 1.46. The van der Waals surface area contributed by atoms with Gasteiger partial charge in [-0.2, -0.15) is 0 Å². The maximum Gasteiger partial charge on any atom is 0.338 e. The Morgan fingerprint density at radius 1 is 1.14 bits per heavy atom. The van der Waals surface area contributed by atoms with Crippen LogP contribution in [0.3, 0.4) is 0 Å². The number of esters is 1. The summed E-state index contributed by atoms with van der Waals surface area (Å²) in [6.07, 6.45) is 1.59. The van der Waals surface area contributed by atoms with Gasteiger partial charge in [0.05, 0.1) is 35.4 Å². The molecule has 35 heavy (non-hydrogen) atoms. The molecule has 180 valence electrons. The van der Waals surface area contributed by atoms with Gasteiger partial charge >= 0.3 is 5.97 Å². The van der Waals surface area contributed by atoms with E-state index < -0.39 is 29.3 Å². The van der Waals surface area contributed by atoms with Gasteiger partial charge in [-0.25, -0.2) is 9.69 Å². The number of imide groups is 1. The molecule has 3 amide bonds. The predicted octanol–water partition coefficient (Wildman–Crippen LogP) is 3.26.